The van der Waals surface area contributed by atoms with Crippen LogP contribution in [0.4, 0.5) is 13.2 Å². The van der Waals surface area contributed by atoms with Gasteiger partial charge in [-0.2, -0.15) is 13.2 Å². The number of benzene rings is 3. The average Bonchev–Trinajstić information content (AvgIpc) is 2.96. The van der Waals surface area contributed by atoms with Crippen molar-refractivity contribution in [3.8, 4) is 5.75 Å². The molecule has 3 aromatic carbocycles. The second-order valence-corrected chi connectivity index (χ2v) is 10.5. The lowest BCUT2D eigenvalue weighted by Gasteiger charge is -2.29. The molecule has 4 rings (SSSR count). The molecule has 9 heteroatoms. The molecule has 40 heavy (non-hydrogen) atoms. The number of halogens is 3. The molecule has 0 aliphatic carbocycles. The molecular weight excluding hydrogens is 535 g/mol. The molecule has 0 saturated carbocycles. The summed E-state index contributed by atoms with van der Waals surface area (Å²) in [6.07, 6.45) is -1.49. The molecule has 0 aromatic heterocycles. The van der Waals surface area contributed by atoms with Gasteiger partial charge in [0.2, 0.25) is 0 Å². The highest BCUT2D eigenvalue weighted by Crippen LogP contribution is 2.29. The molecule has 1 aliphatic rings. The maximum absolute atomic E-state index is 12.8. The number of oxime groups is 1. The van der Waals surface area contributed by atoms with Gasteiger partial charge in [-0.3, -0.25) is 0 Å². The van der Waals surface area contributed by atoms with Gasteiger partial charge >= 0.3 is 6.18 Å². The predicted molar refractivity (Wildman–Crippen MR) is 156 cm³/mol. The van der Waals surface area contributed by atoms with Gasteiger partial charge in [-0.1, -0.05) is 72.0 Å². The van der Waals surface area contributed by atoms with Crippen molar-refractivity contribution in [3.63, 3.8) is 0 Å². The van der Waals surface area contributed by atoms with Gasteiger partial charge in [0.15, 0.2) is 0 Å². The van der Waals surface area contributed by atoms with Gasteiger partial charge in [-0.25, -0.2) is 0 Å². The minimum atomic E-state index is -4.37. The Hall–Kier alpha value is -3.43. The highest BCUT2D eigenvalue weighted by molar-refractivity contribution is 7.80. The summed E-state index contributed by atoms with van der Waals surface area (Å²) in [5.41, 5.74) is 2.53. The smallest absolute Gasteiger partial charge is 0.416 e. The summed E-state index contributed by atoms with van der Waals surface area (Å²) in [6, 6.07) is 22.3. The number of rotatable bonds is 11. The molecule has 212 valence electrons. The largest absolute Gasteiger partial charge is 0.486 e. The maximum atomic E-state index is 12.8. The molecular formula is C31H34F3N3O2S. The van der Waals surface area contributed by atoms with Crippen LogP contribution in [0.15, 0.2) is 84.0 Å². The van der Waals surface area contributed by atoms with Crippen LogP contribution in [-0.4, -0.2) is 48.9 Å². The Balaban J connectivity index is 1.29. The van der Waals surface area contributed by atoms with Gasteiger partial charge in [0, 0.05) is 13.0 Å². The third-order valence-electron chi connectivity index (χ3n) is 6.89. The molecule has 0 atom stereocenters. The number of alkyl halides is 3. The molecule has 5 nitrogen and oxygen atoms in total. The fourth-order valence-electron chi connectivity index (χ4n) is 4.41. The SMILES string of the molecule is CN1CCC(CNC(=S)COc2ccc(CC(=NOCc3ccc(C(F)(F)F)cc3)c3ccccc3)cc2)CC1. The summed E-state index contributed by atoms with van der Waals surface area (Å²) in [7, 11) is 2.16. The fourth-order valence-corrected chi connectivity index (χ4v) is 4.56. The van der Waals surface area contributed by atoms with E-state index in [0.717, 1.165) is 48.6 Å². The van der Waals surface area contributed by atoms with Crippen molar-refractivity contribution in [2.75, 3.05) is 33.3 Å². The first-order valence-corrected chi connectivity index (χ1v) is 13.7. The van der Waals surface area contributed by atoms with Crippen LogP contribution in [0.1, 0.15) is 35.1 Å². The van der Waals surface area contributed by atoms with Gasteiger partial charge < -0.3 is 19.8 Å². The molecule has 1 fully saturated rings. The molecule has 0 unspecified atom stereocenters. The quantitative estimate of drug-likeness (QED) is 0.162. The van der Waals surface area contributed by atoms with Crippen molar-refractivity contribution in [2.24, 2.45) is 11.1 Å². The van der Waals surface area contributed by atoms with E-state index in [0.29, 0.717) is 35.2 Å². The van der Waals surface area contributed by atoms with Gasteiger partial charge in [-0.05, 0) is 79.9 Å². The summed E-state index contributed by atoms with van der Waals surface area (Å²) in [6.45, 7) is 3.54. The monoisotopic (exact) mass is 569 g/mol. The minimum absolute atomic E-state index is 0.0625. The highest BCUT2D eigenvalue weighted by atomic mass is 32.1. The second kappa shape index (κ2) is 14.3. The Morgan fingerprint density at radius 1 is 0.950 bits per heavy atom. The Bertz CT molecular complexity index is 1240. The van der Waals surface area contributed by atoms with Crippen LogP contribution in [0, 0.1) is 5.92 Å². The van der Waals surface area contributed by atoms with Crippen molar-refractivity contribution in [1.82, 2.24) is 10.2 Å². The van der Waals surface area contributed by atoms with E-state index < -0.39 is 11.7 Å². The van der Waals surface area contributed by atoms with Crippen LogP contribution in [0.25, 0.3) is 0 Å². The molecule has 0 amide bonds. The zero-order valence-corrected chi connectivity index (χ0v) is 23.3. The highest BCUT2D eigenvalue weighted by Gasteiger charge is 2.29. The van der Waals surface area contributed by atoms with Crippen molar-refractivity contribution >= 4 is 22.9 Å². The normalized spacial score (nSPS) is 15.1. The van der Waals surface area contributed by atoms with Crippen molar-refractivity contribution in [2.45, 2.75) is 32.0 Å². The molecule has 0 spiro atoms. The van der Waals surface area contributed by atoms with E-state index in [1.54, 1.807) is 0 Å². The fraction of sp³-hybridized carbons (Fsp3) is 0.355. The molecule has 1 saturated heterocycles. The number of hydrogen-bond donors (Lipinski definition) is 1. The molecule has 0 radical (unpaired) electrons. The molecule has 1 aliphatic heterocycles. The summed E-state index contributed by atoms with van der Waals surface area (Å²) >= 11 is 5.45. The van der Waals surface area contributed by atoms with E-state index in [1.165, 1.54) is 25.0 Å². The predicted octanol–water partition coefficient (Wildman–Crippen LogP) is 6.51. The van der Waals surface area contributed by atoms with Crippen LogP contribution >= 0.6 is 12.2 Å². The van der Waals surface area contributed by atoms with E-state index in [-0.39, 0.29) is 6.61 Å². The Morgan fingerprint density at radius 3 is 2.25 bits per heavy atom. The molecule has 1 heterocycles. The number of nitrogens with zero attached hydrogens (tertiary/aromatic N) is 2. The summed E-state index contributed by atoms with van der Waals surface area (Å²) in [5.74, 6) is 1.37. The van der Waals surface area contributed by atoms with Crippen LogP contribution in [0.2, 0.25) is 0 Å². The lowest BCUT2D eigenvalue weighted by Crippen LogP contribution is -2.37. The van der Waals surface area contributed by atoms with Crippen molar-refractivity contribution < 1.29 is 22.7 Å². The van der Waals surface area contributed by atoms with Gasteiger partial charge in [-0.15, -0.1) is 0 Å². The van der Waals surface area contributed by atoms with Crippen LogP contribution < -0.4 is 10.1 Å². The van der Waals surface area contributed by atoms with Crippen LogP contribution in [0.5, 0.6) is 5.75 Å². The third-order valence-corrected chi connectivity index (χ3v) is 7.15. The molecule has 3 aromatic rings. The van der Waals surface area contributed by atoms with E-state index in [1.807, 2.05) is 54.6 Å². The number of likely N-dealkylation sites (tertiary alicyclic amines) is 1. The lowest BCUT2D eigenvalue weighted by molar-refractivity contribution is -0.137. The first kappa shape index (κ1) is 29.6. The Kier molecular flexibility index (Phi) is 10.5. The van der Waals surface area contributed by atoms with Crippen molar-refractivity contribution in [1.29, 1.82) is 0 Å². The Morgan fingerprint density at radius 2 is 1.60 bits per heavy atom. The van der Waals surface area contributed by atoms with E-state index in [9.17, 15) is 13.2 Å². The number of thiocarbonyl (C=S) groups is 1. The van der Waals surface area contributed by atoms with Crippen LogP contribution in [-0.2, 0) is 24.0 Å². The summed E-state index contributed by atoms with van der Waals surface area (Å²) in [5, 5.41) is 7.68. The van der Waals surface area contributed by atoms with Crippen molar-refractivity contribution in [3.05, 3.63) is 101 Å². The molecule has 0 bridgehead atoms. The first-order chi connectivity index (χ1) is 19.3. The topological polar surface area (TPSA) is 46.1 Å². The average molecular weight is 570 g/mol. The van der Waals surface area contributed by atoms with E-state index >= 15 is 0 Å². The first-order valence-electron chi connectivity index (χ1n) is 13.3. The van der Waals surface area contributed by atoms with Gasteiger partial charge in [0.05, 0.1) is 11.3 Å². The second-order valence-electron chi connectivity index (χ2n) is 10.0. The Labute approximate surface area is 239 Å². The number of ether oxygens (including phenoxy) is 1. The third kappa shape index (κ3) is 9.34. The summed E-state index contributed by atoms with van der Waals surface area (Å²) in [4.78, 5) is 8.61. The van der Waals surface area contributed by atoms with Crippen LogP contribution in [0.3, 0.4) is 0 Å². The van der Waals surface area contributed by atoms with E-state index in [2.05, 4.69) is 22.4 Å². The maximum Gasteiger partial charge on any atom is 0.416 e. The number of piperidine rings is 1. The zero-order chi connectivity index (χ0) is 28.4. The lowest BCUT2D eigenvalue weighted by atomic mass is 9.97. The standard InChI is InChI=1S/C31H34F3N3O2S/c1-37-17-15-24(16-18-37)20-35-30(40)22-38-28-13-9-23(10-14-28)19-29(26-5-3-2-4-6-26)36-39-21-25-7-11-27(12-8-25)31(32,33)34/h2-14,24H,15-22H2,1H3,(H,35,40). The minimum Gasteiger partial charge on any atom is -0.486 e. The summed E-state index contributed by atoms with van der Waals surface area (Å²) < 4.78 is 44.3. The molecule has 1 N–H and O–H groups in total. The van der Waals surface area contributed by atoms with Gasteiger partial charge in [0.25, 0.3) is 0 Å². The van der Waals surface area contributed by atoms with Gasteiger partial charge in [0.1, 0.15) is 24.0 Å². The number of nitrogens with one attached hydrogen (secondary N) is 1. The van der Waals surface area contributed by atoms with E-state index in [4.69, 9.17) is 21.8 Å². The zero-order valence-electron chi connectivity index (χ0n) is 22.5. The number of hydrogen-bond acceptors (Lipinski definition) is 5.